The van der Waals surface area contributed by atoms with Gasteiger partial charge in [0.25, 0.3) is 0 Å². The molecule has 0 spiro atoms. The van der Waals surface area contributed by atoms with Crippen LogP contribution in [0.25, 0.3) is 22.6 Å². The Labute approximate surface area is 219 Å². The van der Waals surface area contributed by atoms with E-state index in [1.54, 1.807) is 0 Å². The summed E-state index contributed by atoms with van der Waals surface area (Å²) in [5.41, 5.74) is 3.97. The molecule has 0 radical (unpaired) electrons. The third-order valence-electron chi connectivity index (χ3n) is 6.51. The fraction of sp³-hybridized carbons (Fsp3) is 0.483. The zero-order valence-electron chi connectivity index (χ0n) is 22.5. The van der Waals surface area contributed by atoms with E-state index in [-0.39, 0.29) is 5.92 Å². The number of rotatable bonds is 12. The highest BCUT2D eigenvalue weighted by atomic mass is 32.1. The molecule has 0 saturated heterocycles. The van der Waals surface area contributed by atoms with Crippen LogP contribution in [0.5, 0.6) is 5.75 Å². The number of nitrogens with zero attached hydrogens (tertiary/aromatic N) is 5. The van der Waals surface area contributed by atoms with Crippen LogP contribution in [0.2, 0.25) is 0 Å². The van der Waals surface area contributed by atoms with Crippen molar-refractivity contribution in [3.8, 4) is 17.1 Å². The molecule has 6 nitrogen and oxygen atoms in total. The first-order valence-corrected chi connectivity index (χ1v) is 14.1. The molecule has 7 heteroatoms. The van der Waals surface area contributed by atoms with Crippen LogP contribution in [0, 0.1) is 0 Å². The molecular formula is C29H39N5OS. The van der Waals surface area contributed by atoms with Gasteiger partial charge in [0, 0.05) is 23.2 Å². The van der Waals surface area contributed by atoms with Crippen LogP contribution < -0.4 is 14.9 Å². The summed E-state index contributed by atoms with van der Waals surface area (Å²) in [7, 11) is 0. The van der Waals surface area contributed by atoms with E-state index < -0.39 is 0 Å². The smallest absolute Gasteiger partial charge is 0.189 e. The van der Waals surface area contributed by atoms with Crippen molar-refractivity contribution in [3.63, 3.8) is 0 Å². The first-order valence-electron chi connectivity index (χ1n) is 13.3. The van der Waals surface area contributed by atoms with E-state index in [0.717, 1.165) is 41.0 Å². The maximum Gasteiger partial charge on any atom is 0.189 e. The van der Waals surface area contributed by atoms with Crippen LogP contribution >= 0.6 is 11.3 Å². The Hall–Kier alpha value is -2.93. The summed E-state index contributed by atoms with van der Waals surface area (Å²) in [5, 5.41) is 16.7. The third-order valence-corrected chi connectivity index (χ3v) is 7.78. The molecule has 0 aliphatic heterocycles. The van der Waals surface area contributed by atoms with Crippen molar-refractivity contribution in [2.75, 3.05) is 24.6 Å². The van der Waals surface area contributed by atoms with Gasteiger partial charge in [-0.1, -0.05) is 52.7 Å². The van der Waals surface area contributed by atoms with Crippen molar-refractivity contribution in [2.45, 2.75) is 73.1 Å². The second-order valence-corrected chi connectivity index (χ2v) is 10.6. The highest BCUT2D eigenvalue weighted by Gasteiger charge is 2.21. The Morgan fingerprint density at radius 3 is 2.39 bits per heavy atom. The predicted octanol–water partition coefficient (Wildman–Crippen LogP) is 6.72. The highest BCUT2D eigenvalue weighted by Crippen LogP contribution is 2.32. The molecule has 4 aromatic rings. The van der Waals surface area contributed by atoms with E-state index in [0.29, 0.717) is 12.4 Å². The standard InChI is InChI=1S/C29H39N5OS/c1-7-10-18-33(19-11-8-2)25-17-16-24(36-25)21(6)26-27(20(4)5)32-34-28(30-31-29(26)34)22-14-12-13-15-23(22)35-9-3/h12-17,20H,7-11,18-19H2,1-6H3/b26-21-. The van der Waals surface area contributed by atoms with Gasteiger partial charge < -0.3 is 9.64 Å². The minimum atomic E-state index is 0.261. The lowest BCUT2D eigenvalue weighted by Crippen LogP contribution is -2.24. The number of hydrogen-bond acceptors (Lipinski definition) is 6. The van der Waals surface area contributed by atoms with Gasteiger partial charge in [-0.05, 0) is 62.4 Å². The van der Waals surface area contributed by atoms with Crippen LogP contribution in [0.3, 0.4) is 0 Å². The van der Waals surface area contributed by atoms with Gasteiger partial charge in [-0.3, -0.25) is 0 Å². The van der Waals surface area contributed by atoms with E-state index in [9.17, 15) is 0 Å². The normalized spacial score (nSPS) is 12.5. The predicted molar refractivity (Wildman–Crippen MR) is 151 cm³/mol. The van der Waals surface area contributed by atoms with Crippen LogP contribution in [0.1, 0.15) is 83.7 Å². The monoisotopic (exact) mass is 505 g/mol. The number of benzene rings is 1. The van der Waals surface area contributed by atoms with Gasteiger partial charge in [0.1, 0.15) is 5.75 Å². The zero-order valence-corrected chi connectivity index (χ0v) is 23.4. The van der Waals surface area contributed by atoms with Gasteiger partial charge in [-0.15, -0.1) is 21.5 Å². The van der Waals surface area contributed by atoms with Crippen molar-refractivity contribution in [1.29, 1.82) is 0 Å². The number of anilines is 1. The Kier molecular flexibility index (Phi) is 8.62. The lowest BCUT2D eigenvalue weighted by Gasteiger charge is -2.22. The molecule has 0 atom stereocenters. The van der Waals surface area contributed by atoms with Crippen molar-refractivity contribution < 1.29 is 4.74 Å². The average molecular weight is 506 g/mol. The lowest BCUT2D eigenvalue weighted by molar-refractivity contribution is 0.341. The summed E-state index contributed by atoms with van der Waals surface area (Å²) in [4.78, 5) is 3.82. The lowest BCUT2D eigenvalue weighted by atomic mass is 10.1. The third kappa shape index (κ3) is 5.26. The second kappa shape index (κ2) is 11.9. The molecule has 1 aromatic carbocycles. The number of para-hydroxylation sites is 1. The minimum absolute atomic E-state index is 0.261. The molecule has 0 unspecified atom stereocenters. The molecule has 0 amide bonds. The Morgan fingerprint density at radius 1 is 1.00 bits per heavy atom. The Bertz CT molecular complexity index is 1330. The van der Waals surface area contributed by atoms with Gasteiger partial charge in [-0.2, -0.15) is 9.61 Å². The summed E-state index contributed by atoms with van der Waals surface area (Å²) < 4.78 is 7.77. The number of fused-ring (bicyclic) bond motifs is 1. The second-order valence-electron chi connectivity index (χ2n) is 9.56. The van der Waals surface area contributed by atoms with Crippen molar-refractivity contribution >= 4 is 27.6 Å². The fourth-order valence-corrected chi connectivity index (χ4v) is 5.58. The molecule has 0 N–H and O–H groups in total. The zero-order chi connectivity index (χ0) is 25.7. The quantitative estimate of drug-likeness (QED) is 0.214. The number of aromatic nitrogens is 4. The maximum atomic E-state index is 5.87. The van der Waals surface area contributed by atoms with E-state index in [1.165, 1.54) is 41.1 Å². The first-order chi connectivity index (χ1) is 17.5. The van der Waals surface area contributed by atoms with E-state index in [1.807, 2.05) is 47.0 Å². The summed E-state index contributed by atoms with van der Waals surface area (Å²) in [6.07, 6.45) is 4.86. The molecule has 0 bridgehead atoms. The molecule has 4 rings (SSSR count). The first kappa shape index (κ1) is 26.1. The van der Waals surface area contributed by atoms with Crippen LogP contribution in [-0.4, -0.2) is 39.5 Å². The van der Waals surface area contributed by atoms with Gasteiger partial charge in [0.15, 0.2) is 11.5 Å². The van der Waals surface area contributed by atoms with Gasteiger partial charge in [0.2, 0.25) is 0 Å². The summed E-state index contributed by atoms with van der Waals surface area (Å²) >= 11 is 1.87. The van der Waals surface area contributed by atoms with E-state index in [4.69, 9.17) is 9.84 Å². The number of thiophene rings is 1. The number of ether oxygens (including phenoxy) is 1. The Morgan fingerprint density at radius 2 is 1.72 bits per heavy atom. The number of unbranched alkanes of at least 4 members (excludes halogenated alkanes) is 2. The van der Waals surface area contributed by atoms with Crippen LogP contribution in [-0.2, 0) is 0 Å². The van der Waals surface area contributed by atoms with Gasteiger partial charge in [-0.25, -0.2) is 0 Å². The topological polar surface area (TPSA) is 55.6 Å². The van der Waals surface area contributed by atoms with Crippen molar-refractivity contribution in [3.05, 3.63) is 52.2 Å². The molecule has 0 aliphatic carbocycles. The molecule has 192 valence electrons. The maximum absolute atomic E-state index is 5.87. The largest absolute Gasteiger partial charge is 0.493 e. The Balaban J connectivity index is 1.82. The average Bonchev–Trinajstić information content (AvgIpc) is 3.60. The SMILES string of the molecule is CCCCN(CCCC)c1ccc(/C(C)=c2/c(C(C)C)nn3c(-c4ccccc4OCC)nnc23)s1. The van der Waals surface area contributed by atoms with Crippen LogP contribution in [0.4, 0.5) is 5.00 Å². The van der Waals surface area contributed by atoms with Gasteiger partial charge in [0.05, 0.1) is 22.9 Å². The number of hydrogen-bond donors (Lipinski definition) is 0. The van der Waals surface area contributed by atoms with Gasteiger partial charge >= 0.3 is 0 Å². The molecule has 3 aromatic heterocycles. The minimum Gasteiger partial charge on any atom is -0.493 e. The van der Waals surface area contributed by atoms with Crippen molar-refractivity contribution in [2.24, 2.45) is 0 Å². The summed E-state index contributed by atoms with van der Waals surface area (Å²) in [6.45, 7) is 15.9. The van der Waals surface area contributed by atoms with Crippen LogP contribution in [0.15, 0.2) is 36.4 Å². The molecular weight excluding hydrogens is 466 g/mol. The van der Waals surface area contributed by atoms with Crippen molar-refractivity contribution in [1.82, 2.24) is 19.8 Å². The molecule has 36 heavy (non-hydrogen) atoms. The summed E-state index contributed by atoms with van der Waals surface area (Å²) in [6, 6.07) is 12.5. The summed E-state index contributed by atoms with van der Waals surface area (Å²) in [5.74, 6) is 1.77. The fourth-order valence-electron chi connectivity index (χ4n) is 4.52. The molecule has 0 saturated carbocycles. The van der Waals surface area contributed by atoms with E-state index in [2.05, 4.69) is 61.8 Å². The molecule has 0 aliphatic rings. The molecule has 3 heterocycles. The van der Waals surface area contributed by atoms with E-state index >= 15 is 0 Å². The molecule has 0 fully saturated rings. The highest BCUT2D eigenvalue weighted by molar-refractivity contribution is 7.17.